The fourth-order valence-corrected chi connectivity index (χ4v) is 2.78. The van der Waals surface area contributed by atoms with Crippen LogP contribution < -0.4 is 5.32 Å². The van der Waals surface area contributed by atoms with E-state index in [1.807, 2.05) is 16.7 Å². The largest absolute Gasteiger partial charge is 0.464 e. The summed E-state index contributed by atoms with van der Waals surface area (Å²) in [6, 6.07) is 3.60. The molecule has 3 rings (SSSR count). The minimum Gasteiger partial charge on any atom is -0.464 e. The number of ether oxygens (including phenoxy) is 1. The van der Waals surface area contributed by atoms with E-state index in [1.165, 1.54) is 7.11 Å². The minimum atomic E-state index is -0.456. The van der Waals surface area contributed by atoms with Crippen molar-refractivity contribution in [2.75, 3.05) is 20.2 Å². The lowest BCUT2D eigenvalue weighted by Crippen LogP contribution is -2.10. The summed E-state index contributed by atoms with van der Waals surface area (Å²) in [5.74, 6) is 0.704. The van der Waals surface area contributed by atoms with E-state index in [0.717, 1.165) is 25.3 Å². The first-order chi connectivity index (χ1) is 9.22. The maximum absolute atomic E-state index is 11.8. The van der Waals surface area contributed by atoms with Crippen LogP contribution in [0.25, 0.3) is 5.52 Å². The van der Waals surface area contributed by atoms with Crippen molar-refractivity contribution in [3.8, 4) is 0 Å². The van der Waals surface area contributed by atoms with Gasteiger partial charge in [0.05, 0.1) is 17.6 Å². The van der Waals surface area contributed by atoms with E-state index >= 15 is 0 Å². The number of aromatic nitrogens is 2. The number of pyridine rings is 1. The van der Waals surface area contributed by atoms with Crippen molar-refractivity contribution in [1.29, 1.82) is 0 Å². The molecule has 1 N–H and O–H groups in total. The Bertz CT molecular complexity index is 632. The van der Waals surface area contributed by atoms with Crippen LogP contribution in [-0.4, -0.2) is 35.6 Å². The second-order valence-corrected chi connectivity index (χ2v) is 4.98. The minimum absolute atomic E-state index is 0.287. The van der Waals surface area contributed by atoms with Gasteiger partial charge in [-0.15, -0.1) is 0 Å². The van der Waals surface area contributed by atoms with E-state index in [1.54, 1.807) is 6.07 Å². The van der Waals surface area contributed by atoms with Crippen molar-refractivity contribution >= 4 is 23.1 Å². The third-order valence-electron chi connectivity index (χ3n) is 3.45. The third-order valence-corrected chi connectivity index (χ3v) is 3.75. The van der Waals surface area contributed by atoms with Crippen molar-refractivity contribution in [2.45, 2.75) is 12.3 Å². The molecule has 1 atom stereocenters. The van der Waals surface area contributed by atoms with Crippen LogP contribution in [0.3, 0.4) is 0 Å². The Morgan fingerprint density at radius 3 is 3.16 bits per heavy atom. The van der Waals surface area contributed by atoms with Gasteiger partial charge in [-0.05, 0) is 25.1 Å². The number of halogens is 1. The van der Waals surface area contributed by atoms with Gasteiger partial charge in [-0.25, -0.2) is 9.78 Å². The van der Waals surface area contributed by atoms with E-state index in [4.69, 9.17) is 16.3 Å². The van der Waals surface area contributed by atoms with Gasteiger partial charge in [-0.3, -0.25) is 0 Å². The van der Waals surface area contributed by atoms with Crippen molar-refractivity contribution in [2.24, 2.45) is 0 Å². The van der Waals surface area contributed by atoms with Gasteiger partial charge >= 0.3 is 5.97 Å². The molecule has 0 amide bonds. The zero-order valence-electron chi connectivity index (χ0n) is 10.5. The zero-order valence-corrected chi connectivity index (χ0v) is 11.3. The van der Waals surface area contributed by atoms with Crippen molar-refractivity contribution < 1.29 is 9.53 Å². The fraction of sp³-hybridized carbons (Fsp3) is 0.385. The average Bonchev–Trinajstić information content (AvgIpc) is 3.05. The second-order valence-electron chi connectivity index (χ2n) is 4.57. The van der Waals surface area contributed by atoms with E-state index in [9.17, 15) is 4.79 Å². The fourth-order valence-electron chi connectivity index (χ4n) is 2.52. The molecule has 0 spiro atoms. The van der Waals surface area contributed by atoms with Gasteiger partial charge < -0.3 is 14.5 Å². The van der Waals surface area contributed by atoms with Gasteiger partial charge in [0.15, 0.2) is 5.69 Å². The normalized spacial score (nSPS) is 18.9. The molecular formula is C13H14ClN3O2. The van der Waals surface area contributed by atoms with Gasteiger partial charge in [-0.2, -0.15) is 0 Å². The number of carbonyl (C=O) groups excluding carboxylic acids is 1. The first-order valence-electron chi connectivity index (χ1n) is 6.18. The number of methoxy groups -OCH3 is 1. The summed E-state index contributed by atoms with van der Waals surface area (Å²) in [5, 5.41) is 3.81. The molecule has 0 bridgehead atoms. The lowest BCUT2D eigenvalue weighted by molar-refractivity contribution is 0.0596. The maximum atomic E-state index is 11.8. The quantitative estimate of drug-likeness (QED) is 0.853. The highest BCUT2D eigenvalue weighted by atomic mass is 35.5. The number of rotatable bonds is 2. The summed E-state index contributed by atoms with van der Waals surface area (Å²) in [7, 11) is 1.35. The van der Waals surface area contributed by atoms with Gasteiger partial charge in [0.25, 0.3) is 0 Å². The number of nitrogens with one attached hydrogen (secondary N) is 1. The number of esters is 1. The van der Waals surface area contributed by atoms with Crippen LogP contribution >= 0.6 is 11.6 Å². The predicted octanol–water partition coefficient (Wildman–Crippen LogP) is 1.85. The molecule has 0 aliphatic carbocycles. The standard InChI is InChI=1S/C13H14ClN3O2/c1-19-13(18)10-11-9(14)3-2-6-17(11)12(16-10)8-4-5-15-7-8/h2-3,6,8,15H,4-5,7H2,1H3. The van der Waals surface area contributed by atoms with Gasteiger partial charge in [0.2, 0.25) is 0 Å². The number of imidazole rings is 1. The maximum Gasteiger partial charge on any atom is 0.358 e. The molecule has 2 aromatic rings. The summed E-state index contributed by atoms with van der Waals surface area (Å²) in [5.41, 5.74) is 0.910. The lowest BCUT2D eigenvalue weighted by atomic mass is 10.1. The summed E-state index contributed by atoms with van der Waals surface area (Å²) in [6.45, 7) is 1.83. The summed E-state index contributed by atoms with van der Waals surface area (Å²) < 4.78 is 6.68. The van der Waals surface area contributed by atoms with Crippen molar-refractivity contribution in [3.05, 3.63) is 34.9 Å². The monoisotopic (exact) mass is 279 g/mol. The number of fused-ring (bicyclic) bond motifs is 1. The van der Waals surface area contributed by atoms with E-state index in [-0.39, 0.29) is 5.69 Å². The molecule has 3 heterocycles. The first kappa shape index (κ1) is 12.4. The number of hydrogen-bond donors (Lipinski definition) is 1. The average molecular weight is 280 g/mol. The molecule has 1 fully saturated rings. The van der Waals surface area contributed by atoms with Crippen LogP contribution in [0.4, 0.5) is 0 Å². The Kier molecular flexibility index (Phi) is 3.16. The number of hydrogen-bond acceptors (Lipinski definition) is 4. The molecule has 6 heteroatoms. The highest BCUT2D eigenvalue weighted by Gasteiger charge is 2.26. The Morgan fingerprint density at radius 1 is 1.63 bits per heavy atom. The summed E-state index contributed by atoms with van der Waals surface area (Å²) in [4.78, 5) is 16.3. The van der Waals surface area contributed by atoms with E-state index in [2.05, 4.69) is 10.3 Å². The van der Waals surface area contributed by atoms with Crippen LogP contribution in [-0.2, 0) is 4.74 Å². The number of nitrogens with zero attached hydrogens (tertiary/aromatic N) is 2. The highest BCUT2D eigenvalue weighted by Crippen LogP contribution is 2.28. The molecule has 0 saturated carbocycles. The Labute approximate surface area is 115 Å². The van der Waals surface area contributed by atoms with Gasteiger partial charge in [0, 0.05) is 18.7 Å². The Hall–Kier alpha value is -1.59. The Balaban J connectivity index is 2.23. The van der Waals surface area contributed by atoms with Crippen molar-refractivity contribution in [3.63, 3.8) is 0 Å². The molecule has 1 unspecified atom stereocenters. The van der Waals surface area contributed by atoms with E-state index < -0.39 is 5.97 Å². The second kappa shape index (κ2) is 4.83. The van der Waals surface area contributed by atoms with Crippen LogP contribution in [0.2, 0.25) is 5.02 Å². The molecule has 1 saturated heterocycles. The molecule has 0 aromatic carbocycles. The molecule has 5 nitrogen and oxygen atoms in total. The molecule has 0 radical (unpaired) electrons. The van der Waals surface area contributed by atoms with Gasteiger partial charge in [-0.1, -0.05) is 11.6 Å². The molecular weight excluding hydrogens is 266 g/mol. The van der Waals surface area contributed by atoms with Crippen LogP contribution in [0.5, 0.6) is 0 Å². The summed E-state index contributed by atoms with van der Waals surface area (Å²) in [6.07, 6.45) is 2.89. The lowest BCUT2D eigenvalue weighted by Gasteiger charge is -2.07. The smallest absolute Gasteiger partial charge is 0.358 e. The molecule has 1 aliphatic rings. The van der Waals surface area contributed by atoms with Crippen LogP contribution in [0.1, 0.15) is 28.7 Å². The van der Waals surface area contributed by atoms with Gasteiger partial charge in [0.1, 0.15) is 5.82 Å². The van der Waals surface area contributed by atoms with Crippen molar-refractivity contribution in [1.82, 2.24) is 14.7 Å². The molecule has 100 valence electrons. The van der Waals surface area contributed by atoms with E-state index in [0.29, 0.717) is 16.5 Å². The van der Waals surface area contributed by atoms with Crippen LogP contribution in [0, 0.1) is 0 Å². The highest BCUT2D eigenvalue weighted by molar-refractivity contribution is 6.34. The SMILES string of the molecule is COC(=O)c1nc(C2CCNC2)n2cccc(Cl)c12. The first-order valence-corrected chi connectivity index (χ1v) is 6.55. The molecule has 19 heavy (non-hydrogen) atoms. The molecule has 1 aliphatic heterocycles. The summed E-state index contributed by atoms with van der Waals surface area (Å²) >= 11 is 6.20. The van der Waals surface area contributed by atoms with Crippen LogP contribution in [0.15, 0.2) is 18.3 Å². The topological polar surface area (TPSA) is 55.6 Å². The zero-order chi connectivity index (χ0) is 13.4. The Morgan fingerprint density at radius 2 is 2.47 bits per heavy atom. The number of carbonyl (C=O) groups is 1. The predicted molar refractivity (Wildman–Crippen MR) is 71.8 cm³/mol. The molecule has 2 aromatic heterocycles. The third kappa shape index (κ3) is 1.99.